The highest BCUT2D eigenvalue weighted by Crippen LogP contribution is 2.37. The van der Waals surface area contributed by atoms with Crippen molar-refractivity contribution in [2.45, 2.75) is 57.9 Å². The molecular formula is C22H29F6N3O3. The maximum absolute atomic E-state index is 12.9. The van der Waals surface area contributed by atoms with Crippen LogP contribution in [0, 0.1) is 5.92 Å². The largest absolute Gasteiger partial charge is 0.449 e. The van der Waals surface area contributed by atoms with Crippen LogP contribution in [-0.4, -0.2) is 49.2 Å². The Labute approximate surface area is 194 Å². The standard InChI is InChI=1S/C21H25F6N3O3.CH4/c22-20(23,24)14-9-15(21(25,26)27)11-16(10-14)29-19(32)33-12-13-4-7-30(8-5-13)18(31)17-3-1-2-6-28-17;/h9-11,13,17,28H,1-8,12H2,(H,29,32);1H4/t17-;/m1./s1. The fraction of sp³-hybridized carbons (Fsp3) is 0.636. The maximum Gasteiger partial charge on any atom is 0.416 e. The molecule has 2 aliphatic rings. The van der Waals surface area contributed by atoms with E-state index in [1.54, 1.807) is 4.90 Å². The molecule has 34 heavy (non-hydrogen) atoms. The minimum Gasteiger partial charge on any atom is -0.449 e. The molecule has 2 saturated heterocycles. The summed E-state index contributed by atoms with van der Waals surface area (Å²) in [5.41, 5.74) is -3.73. The summed E-state index contributed by atoms with van der Waals surface area (Å²) in [6, 6.07) is 0.639. The Hall–Kier alpha value is -2.50. The van der Waals surface area contributed by atoms with Gasteiger partial charge in [0.1, 0.15) is 0 Å². The third-order valence-electron chi connectivity index (χ3n) is 5.82. The number of rotatable bonds is 4. The summed E-state index contributed by atoms with van der Waals surface area (Å²) >= 11 is 0. The lowest BCUT2D eigenvalue weighted by Crippen LogP contribution is -2.51. The number of nitrogens with zero attached hydrogens (tertiary/aromatic N) is 1. The van der Waals surface area contributed by atoms with E-state index in [-0.39, 0.29) is 38.0 Å². The third kappa shape index (κ3) is 7.51. The van der Waals surface area contributed by atoms with Crippen LogP contribution in [0.5, 0.6) is 0 Å². The molecule has 0 bridgehead atoms. The lowest BCUT2D eigenvalue weighted by Gasteiger charge is -2.35. The number of likely N-dealkylation sites (tertiary alicyclic amines) is 1. The molecule has 2 fully saturated rings. The monoisotopic (exact) mass is 497 g/mol. The van der Waals surface area contributed by atoms with E-state index in [0.29, 0.717) is 38.1 Å². The zero-order valence-corrected chi connectivity index (χ0v) is 17.7. The Morgan fingerprint density at radius 2 is 1.56 bits per heavy atom. The van der Waals surface area contributed by atoms with Gasteiger partial charge in [0, 0.05) is 18.8 Å². The molecule has 12 heteroatoms. The van der Waals surface area contributed by atoms with E-state index < -0.39 is 35.3 Å². The van der Waals surface area contributed by atoms with Crippen molar-refractivity contribution in [3.05, 3.63) is 29.3 Å². The van der Waals surface area contributed by atoms with Crippen molar-refractivity contribution in [2.75, 3.05) is 31.6 Å². The number of hydrogen-bond acceptors (Lipinski definition) is 4. The summed E-state index contributed by atoms with van der Waals surface area (Å²) in [7, 11) is 0. The topological polar surface area (TPSA) is 70.7 Å². The molecule has 2 amide bonds. The lowest BCUT2D eigenvalue weighted by molar-refractivity contribution is -0.143. The van der Waals surface area contributed by atoms with Crippen LogP contribution in [0.1, 0.15) is 50.7 Å². The van der Waals surface area contributed by atoms with Crippen molar-refractivity contribution in [1.82, 2.24) is 10.2 Å². The Bertz CT molecular complexity index is 813. The first-order chi connectivity index (χ1) is 15.4. The molecule has 0 spiro atoms. The van der Waals surface area contributed by atoms with Crippen LogP contribution in [0.2, 0.25) is 0 Å². The quantitative estimate of drug-likeness (QED) is 0.555. The second-order valence-electron chi connectivity index (χ2n) is 8.29. The molecule has 2 heterocycles. The van der Waals surface area contributed by atoms with Crippen LogP contribution in [-0.2, 0) is 21.9 Å². The van der Waals surface area contributed by atoms with Gasteiger partial charge in [-0.05, 0) is 56.3 Å². The number of nitrogens with one attached hydrogen (secondary N) is 2. The number of anilines is 1. The molecule has 0 aromatic heterocycles. The summed E-state index contributed by atoms with van der Waals surface area (Å²) in [5, 5.41) is 5.15. The van der Waals surface area contributed by atoms with E-state index in [1.165, 1.54) is 0 Å². The fourth-order valence-electron chi connectivity index (χ4n) is 3.98. The molecule has 2 aliphatic heterocycles. The summed E-state index contributed by atoms with van der Waals surface area (Å²) in [6.07, 6.45) is -7.18. The number of carbonyl (C=O) groups is 2. The SMILES string of the molecule is C.O=C(Nc1cc(C(F)(F)F)cc(C(F)(F)F)c1)OCC1CCN(C(=O)[C@H]2CCCCN2)CC1. The molecule has 1 aromatic carbocycles. The maximum atomic E-state index is 12.9. The van der Waals surface area contributed by atoms with E-state index in [4.69, 9.17) is 4.74 Å². The summed E-state index contributed by atoms with van der Waals surface area (Å²) in [5.74, 6) is -0.0109. The van der Waals surface area contributed by atoms with E-state index in [0.717, 1.165) is 25.8 Å². The second-order valence-corrected chi connectivity index (χ2v) is 8.29. The smallest absolute Gasteiger partial charge is 0.416 e. The van der Waals surface area contributed by atoms with Gasteiger partial charge in [0.05, 0.1) is 23.8 Å². The first-order valence-electron chi connectivity index (χ1n) is 10.7. The molecule has 0 aliphatic carbocycles. The lowest BCUT2D eigenvalue weighted by atomic mass is 9.96. The van der Waals surface area contributed by atoms with Gasteiger partial charge in [-0.3, -0.25) is 10.1 Å². The summed E-state index contributed by atoms with van der Waals surface area (Å²) in [6.45, 7) is 1.75. The number of benzene rings is 1. The first kappa shape index (κ1) is 27.7. The Morgan fingerprint density at radius 1 is 0.971 bits per heavy atom. The molecule has 0 unspecified atom stereocenters. The highest BCUT2D eigenvalue weighted by Gasteiger charge is 2.37. The van der Waals surface area contributed by atoms with Crippen molar-refractivity contribution in [3.8, 4) is 0 Å². The second kappa shape index (κ2) is 11.3. The van der Waals surface area contributed by atoms with Crippen LogP contribution in [0.25, 0.3) is 0 Å². The number of amides is 2. The van der Waals surface area contributed by atoms with Crippen molar-refractivity contribution in [3.63, 3.8) is 0 Å². The van der Waals surface area contributed by atoms with Crippen LogP contribution < -0.4 is 10.6 Å². The van der Waals surface area contributed by atoms with E-state index >= 15 is 0 Å². The first-order valence-corrected chi connectivity index (χ1v) is 10.7. The van der Waals surface area contributed by atoms with Crippen LogP contribution in [0.3, 0.4) is 0 Å². The Balaban J connectivity index is 0.00000408. The highest BCUT2D eigenvalue weighted by molar-refractivity contribution is 5.85. The fourth-order valence-corrected chi connectivity index (χ4v) is 3.98. The van der Waals surface area contributed by atoms with Gasteiger partial charge < -0.3 is 15.0 Å². The summed E-state index contributed by atoms with van der Waals surface area (Å²) in [4.78, 5) is 26.3. The average Bonchev–Trinajstić information content (AvgIpc) is 2.77. The molecule has 192 valence electrons. The number of halogens is 6. The molecule has 0 radical (unpaired) electrons. The van der Waals surface area contributed by atoms with Gasteiger partial charge in [-0.25, -0.2) is 4.79 Å². The minimum atomic E-state index is -5.01. The predicted octanol–water partition coefficient (Wildman–Crippen LogP) is 5.29. The molecule has 1 atom stereocenters. The molecular weight excluding hydrogens is 468 g/mol. The van der Waals surface area contributed by atoms with E-state index in [1.807, 2.05) is 5.32 Å². The van der Waals surface area contributed by atoms with E-state index in [9.17, 15) is 35.9 Å². The zero-order valence-electron chi connectivity index (χ0n) is 17.7. The Kier molecular flexibility index (Phi) is 9.21. The van der Waals surface area contributed by atoms with Crippen LogP contribution in [0.15, 0.2) is 18.2 Å². The van der Waals surface area contributed by atoms with Gasteiger partial charge in [-0.2, -0.15) is 26.3 Å². The molecule has 0 saturated carbocycles. The zero-order chi connectivity index (χ0) is 24.2. The van der Waals surface area contributed by atoms with Gasteiger partial charge in [-0.15, -0.1) is 0 Å². The molecule has 2 N–H and O–H groups in total. The van der Waals surface area contributed by atoms with Gasteiger partial charge in [0.15, 0.2) is 0 Å². The highest BCUT2D eigenvalue weighted by atomic mass is 19.4. The number of hydrogen-bond donors (Lipinski definition) is 2. The van der Waals surface area contributed by atoms with Crippen LogP contribution >= 0.6 is 0 Å². The van der Waals surface area contributed by atoms with Crippen molar-refractivity contribution < 1.29 is 40.7 Å². The van der Waals surface area contributed by atoms with Crippen molar-refractivity contribution >= 4 is 17.7 Å². The number of ether oxygens (including phenoxy) is 1. The normalized spacial score (nSPS) is 19.8. The van der Waals surface area contributed by atoms with Crippen molar-refractivity contribution in [2.24, 2.45) is 5.92 Å². The predicted molar refractivity (Wildman–Crippen MR) is 113 cm³/mol. The number of piperidine rings is 2. The van der Waals surface area contributed by atoms with Crippen LogP contribution in [0.4, 0.5) is 36.8 Å². The number of alkyl halides is 6. The minimum absolute atomic E-state index is 0. The molecule has 3 rings (SSSR count). The van der Waals surface area contributed by atoms with Gasteiger partial charge in [0.2, 0.25) is 5.91 Å². The van der Waals surface area contributed by atoms with Gasteiger partial charge in [0.25, 0.3) is 0 Å². The van der Waals surface area contributed by atoms with Gasteiger partial charge >= 0.3 is 18.4 Å². The molecule has 1 aromatic rings. The third-order valence-corrected chi connectivity index (χ3v) is 5.82. The van der Waals surface area contributed by atoms with Crippen molar-refractivity contribution in [1.29, 1.82) is 0 Å². The average molecular weight is 497 g/mol. The van der Waals surface area contributed by atoms with Gasteiger partial charge in [-0.1, -0.05) is 13.8 Å². The summed E-state index contributed by atoms with van der Waals surface area (Å²) < 4.78 is 82.6. The van der Waals surface area contributed by atoms with E-state index in [2.05, 4.69) is 5.32 Å². The Morgan fingerprint density at radius 3 is 2.06 bits per heavy atom. The number of carbonyl (C=O) groups excluding carboxylic acids is 2. The molecule has 6 nitrogen and oxygen atoms in total.